The molecule has 0 radical (unpaired) electrons. The Hall–Kier alpha value is -1.92. The van der Waals surface area contributed by atoms with Gasteiger partial charge < -0.3 is 9.84 Å². The van der Waals surface area contributed by atoms with E-state index in [1.54, 1.807) is 11.8 Å². The number of nitrogens with zero attached hydrogens (tertiary/aromatic N) is 4. The van der Waals surface area contributed by atoms with E-state index in [2.05, 4.69) is 35.1 Å². The van der Waals surface area contributed by atoms with Gasteiger partial charge in [0.05, 0.1) is 13.3 Å². The molecular formula is C18H26N4O2. The summed E-state index contributed by atoms with van der Waals surface area (Å²) in [4.78, 5) is 2.27. The van der Waals surface area contributed by atoms with Crippen LogP contribution in [0.5, 0.6) is 5.75 Å². The molecule has 2 heterocycles. The van der Waals surface area contributed by atoms with Gasteiger partial charge in [-0.1, -0.05) is 17.3 Å². The number of hydrogen-bond acceptors (Lipinski definition) is 5. The Morgan fingerprint density at radius 2 is 2.21 bits per heavy atom. The van der Waals surface area contributed by atoms with Crippen LogP contribution in [0.4, 0.5) is 0 Å². The molecule has 1 atom stereocenters. The van der Waals surface area contributed by atoms with Crippen LogP contribution in [0.25, 0.3) is 0 Å². The highest BCUT2D eigenvalue weighted by Gasteiger charge is 2.37. The Labute approximate surface area is 143 Å². The summed E-state index contributed by atoms with van der Waals surface area (Å²) in [6.07, 6.45) is 3.53. The number of aromatic nitrogens is 3. The van der Waals surface area contributed by atoms with Gasteiger partial charge in [0, 0.05) is 19.1 Å². The number of β-amino-alcohol motifs (C(OH)–C–C–N with tert-alkyl or cyclic N) is 1. The molecule has 1 N–H and O–H groups in total. The lowest BCUT2D eigenvalue weighted by molar-refractivity contribution is -0.0414. The van der Waals surface area contributed by atoms with Crippen LogP contribution in [0.15, 0.2) is 30.5 Å². The molecule has 1 fully saturated rings. The number of benzene rings is 1. The molecule has 1 aromatic heterocycles. The number of likely N-dealkylation sites (tertiary alicyclic amines) is 1. The molecule has 130 valence electrons. The van der Waals surface area contributed by atoms with Crippen molar-refractivity contribution in [1.82, 2.24) is 19.9 Å². The molecule has 3 rings (SSSR count). The summed E-state index contributed by atoms with van der Waals surface area (Å²) in [7, 11) is 1.68. The third kappa shape index (κ3) is 3.60. The van der Waals surface area contributed by atoms with E-state index in [9.17, 15) is 5.11 Å². The third-order valence-corrected chi connectivity index (χ3v) is 4.61. The normalized spacial score (nSPS) is 22.0. The number of aliphatic hydroxyl groups is 1. The SMILES string of the molecule is COc1cccc(CN2CCC[C@](O)(c3cn(C(C)C)nn3)C2)c1. The lowest BCUT2D eigenvalue weighted by Crippen LogP contribution is -2.45. The van der Waals surface area contributed by atoms with Crippen LogP contribution in [-0.2, 0) is 12.1 Å². The molecule has 1 aliphatic rings. The van der Waals surface area contributed by atoms with Crippen molar-refractivity contribution in [1.29, 1.82) is 0 Å². The number of ether oxygens (including phenoxy) is 1. The number of rotatable bonds is 5. The van der Waals surface area contributed by atoms with Crippen molar-refractivity contribution in [3.63, 3.8) is 0 Å². The van der Waals surface area contributed by atoms with Crippen molar-refractivity contribution in [2.45, 2.75) is 44.9 Å². The maximum absolute atomic E-state index is 11.1. The summed E-state index contributed by atoms with van der Waals surface area (Å²) in [6, 6.07) is 8.32. The zero-order chi connectivity index (χ0) is 17.2. The average Bonchev–Trinajstić information content (AvgIpc) is 3.06. The van der Waals surface area contributed by atoms with Gasteiger partial charge in [0.2, 0.25) is 0 Å². The smallest absolute Gasteiger partial charge is 0.123 e. The van der Waals surface area contributed by atoms with Crippen molar-refractivity contribution in [2.75, 3.05) is 20.2 Å². The van der Waals surface area contributed by atoms with Crippen LogP contribution in [0.1, 0.15) is 44.0 Å². The second-order valence-electron chi connectivity index (χ2n) is 6.87. The van der Waals surface area contributed by atoms with Gasteiger partial charge in [0.1, 0.15) is 17.0 Å². The molecule has 0 aliphatic carbocycles. The van der Waals surface area contributed by atoms with Gasteiger partial charge in [-0.2, -0.15) is 0 Å². The fourth-order valence-electron chi connectivity index (χ4n) is 3.24. The predicted molar refractivity (Wildman–Crippen MR) is 91.8 cm³/mol. The van der Waals surface area contributed by atoms with Crippen molar-refractivity contribution >= 4 is 0 Å². The highest BCUT2D eigenvalue weighted by atomic mass is 16.5. The van der Waals surface area contributed by atoms with Gasteiger partial charge in [-0.3, -0.25) is 4.90 Å². The number of methoxy groups -OCH3 is 1. The summed E-state index contributed by atoms with van der Waals surface area (Å²) >= 11 is 0. The maximum atomic E-state index is 11.1. The Balaban J connectivity index is 1.72. The van der Waals surface area contributed by atoms with Crippen LogP contribution < -0.4 is 4.74 Å². The third-order valence-electron chi connectivity index (χ3n) is 4.61. The molecule has 0 spiro atoms. The van der Waals surface area contributed by atoms with Gasteiger partial charge in [-0.25, -0.2) is 4.68 Å². The van der Waals surface area contributed by atoms with E-state index in [1.807, 2.05) is 24.4 Å². The minimum Gasteiger partial charge on any atom is -0.497 e. The second-order valence-corrected chi connectivity index (χ2v) is 6.87. The van der Waals surface area contributed by atoms with E-state index < -0.39 is 5.60 Å². The van der Waals surface area contributed by atoms with Crippen LogP contribution in [0, 0.1) is 0 Å². The van der Waals surface area contributed by atoms with E-state index in [0.29, 0.717) is 12.2 Å². The van der Waals surface area contributed by atoms with Crippen molar-refractivity contribution in [3.05, 3.63) is 41.7 Å². The number of hydrogen-bond donors (Lipinski definition) is 1. The molecule has 1 aliphatic heterocycles. The molecule has 6 heteroatoms. The molecule has 0 saturated carbocycles. The Morgan fingerprint density at radius 1 is 1.38 bits per heavy atom. The van der Waals surface area contributed by atoms with Crippen molar-refractivity contribution in [3.8, 4) is 5.75 Å². The first kappa shape index (κ1) is 16.9. The average molecular weight is 330 g/mol. The lowest BCUT2D eigenvalue weighted by atomic mass is 9.89. The summed E-state index contributed by atoms with van der Waals surface area (Å²) in [5, 5.41) is 19.5. The van der Waals surface area contributed by atoms with Gasteiger partial charge >= 0.3 is 0 Å². The van der Waals surface area contributed by atoms with E-state index in [-0.39, 0.29) is 6.04 Å². The standard InChI is InChI=1S/C18H26N4O2/c1-14(2)22-12-17(19-20-22)18(23)8-5-9-21(13-18)11-15-6-4-7-16(10-15)24-3/h4,6-7,10,12,14,23H,5,8-9,11,13H2,1-3H3/t18-/m1/s1. The largest absolute Gasteiger partial charge is 0.497 e. The topological polar surface area (TPSA) is 63.4 Å². The Bertz CT molecular complexity index is 685. The highest BCUT2D eigenvalue weighted by Crippen LogP contribution is 2.31. The summed E-state index contributed by atoms with van der Waals surface area (Å²) in [6.45, 7) is 6.44. The first-order valence-electron chi connectivity index (χ1n) is 8.50. The molecule has 2 aromatic rings. The van der Waals surface area contributed by atoms with Gasteiger partial charge in [0.25, 0.3) is 0 Å². The monoisotopic (exact) mass is 330 g/mol. The van der Waals surface area contributed by atoms with Gasteiger partial charge in [-0.15, -0.1) is 5.10 Å². The van der Waals surface area contributed by atoms with Crippen LogP contribution in [-0.4, -0.2) is 45.2 Å². The van der Waals surface area contributed by atoms with Crippen molar-refractivity contribution in [2.24, 2.45) is 0 Å². The second kappa shape index (κ2) is 6.91. The highest BCUT2D eigenvalue weighted by molar-refractivity contribution is 5.28. The first-order valence-corrected chi connectivity index (χ1v) is 8.50. The van der Waals surface area contributed by atoms with E-state index in [0.717, 1.165) is 31.7 Å². The molecule has 0 unspecified atom stereocenters. The number of piperidine rings is 1. The van der Waals surface area contributed by atoms with E-state index in [1.165, 1.54) is 5.56 Å². The minimum atomic E-state index is -0.926. The fraction of sp³-hybridized carbons (Fsp3) is 0.556. The summed E-state index contributed by atoms with van der Waals surface area (Å²) < 4.78 is 7.09. The molecule has 0 amide bonds. The van der Waals surface area contributed by atoms with Gasteiger partial charge in [0.15, 0.2) is 0 Å². The molecule has 0 bridgehead atoms. The van der Waals surface area contributed by atoms with Crippen LogP contribution in [0.2, 0.25) is 0 Å². The Morgan fingerprint density at radius 3 is 2.92 bits per heavy atom. The molecule has 1 aromatic carbocycles. The molecule has 6 nitrogen and oxygen atoms in total. The Kier molecular flexibility index (Phi) is 4.87. The van der Waals surface area contributed by atoms with Crippen LogP contribution in [0.3, 0.4) is 0 Å². The summed E-state index contributed by atoms with van der Waals surface area (Å²) in [5.74, 6) is 0.861. The minimum absolute atomic E-state index is 0.242. The van der Waals surface area contributed by atoms with Crippen molar-refractivity contribution < 1.29 is 9.84 Å². The molecular weight excluding hydrogens is 304 g/mol. The summed E-state index contributed by atoms with van der Waals surface area (Å²) in [5.41, 5.74) is 0.931. The quantitative estimate of drug-likeness (QED) is 0.912. The maximum Gasteiger partial charge on any atom is 0.123 e. The van der Waals surface area contributed by atoms with E-state index >= 15 is 0 Å². The molecule has 1 saturated heterocycles. The molecule has 24 heavy (non-hydrogen) atoms. The van der Waals surface area contributed by atoms with Crippen LogP contribution >= 0.6 is 0 Å². The van der Waals surface area contributed by atoms with E-state index in [4.69, 9.17) is 4.74 Å². The lowest BCUT2D eigenvalue weighted by Gasteiger charge is -2.38. The zero-order valence-corrected chi connectivity index (χ0v) is 14.6. The fourth-order valence-corrected chi connectivity index (χ4v) is 3.24. The zero-order valence-electron chi connectivity index (χ0n) is 14.6. The first-order chi connectivity index (χ1) is 11.5. The van der Waals surface area contributed by atoms with Gasteiger partial charge in [-0.05, 0) is 50.9 Å². The predicted octanol–water partition coefficient (Wildman–Crippen LogP) is 2.35.